The Hall–Kier alpha value is -2.90. The van der Waals surface area contributed by atoms with E-state index in [-0.39, 0.29) is 5.11 Å². The lowest BCUT2D eigenvalue weighted by Gasteiger charge is -2.09. The first kappa shape index (κ1) is 19.4. The molecule has 2 rings (SSSR count). The minimum absolute atomic E-state index is 0.0308. The van der Waals surface area contributed by atoms with E-state index in [9.17, 15) is 9.59 Å². The summed E-state index contributed by atoms with van der Waals surface area (Å²) in [6, 6.07) is 13.5. The van der Waals surface area contributed by atoms with Gasteiger partial charge < -0.3 is 4.74 Å². The molecule has 0 unspecified atom stereocenters. The summed E-state index contributed by atoms with van der Waals surface area (Å²) in [6.07, 6.45) is 2.96. The highest BCUT2D eigenvalue weighted by Gasteiger charge is 2.06. The number of hydrogen-bond donors (Lipinski definition) is 3. The maximum Gasteiger partial charge on any atom is 0.269 e. The summed E-state index contributed by atoms with van der Waals surface area (Å²) in [5.74, 6) is -0.112. The average Bonchev–Trinajstić information content (AvgIpc) is 2.65. The molecule has 0 saturated heterocycles. The molecule has 8 heteroatoms. The van der Waals surface area contributed by atoms with E-state index in [2.05, 4.69) is 16.2 Å². The third-order valence-corrected chi connectivity index (χ3v) is 3.63. The summed E-state index contributed by atoms with van der Waals surface area (Å²) in [5, 5.41) is 2.92. The number of benzene rings is 2. The minimum Gasteiger partial charge on any atom is -0.497 e. The molecule has 0 aromatic heterocycles. The molecule has 0 aliphatic heterocycles. The summed E-state index contributed by atoms with van der Waals surface area (Å²) >= 11 is 10.7. The molecular formula is C18H16ClN3O3S. The van der Waals surface area contributed by atoms with E-state index in [1.165, 1.54) is 6.08 Å². The number of hydrogen-bond acceptors (Lipinski definition) is 4. The topological polar surface area (TPSA) is 79.5 Å². The molecule has 2 amide bonds. The molecule has 0 fully saturated rings. The normalized spacial score (nSPS) is 10.2. The number of thiocarbonyl (C=S) groups is 1. The lowest BCUT2D eigenvalue weighted by Crippen LogP contribution is -2.48. The zero-order chi connectivity index (χ0) is 18.9. The van der Waals surface area contributed by atoms with Crippen molar-refractivity contribution in [2.75, 3.05) is 7.11 Å². The van der Waals surface area contributed by atoms with E-state index in [0.29, 0.717) is 10.6 Å². The van der Waals surface area contributed by atoms with Crippen LogP contribution in [0.5, 0.6) is 5.75 Å². The molecule has 0 atom stereocenters. The van der Waals surface area contributed by atoms with Crippen molar-refractivity contribution in [3.05, 3.63) is 70.8 Å². The Morgan fingerprint density at radius 3 is 2.31 bits per heavy atom. The van der Waals surface area contributed by atoms with Crippen molar-refractivity contribution in [1.82, 2.24) is 16.2 Å². The molecule has 0 aliphatic rings. The highest BCUT2D eigenvalue weighted by atomic mass is 35.5. The smallest absolute Gasteiger partial charge is 0.269 e. The molecule has 0 heterocycles. The average molecular weight is 390 g/mol. The lowest BCUT2D eigenvalue weighted by atomic mass is 10.2. The Kier molecular flexibility index (Phi) is 7.13. The summed E-state index contributed by atoms with van der Waals surface area (Å²) in [5.41, 5.74) is 6.07. The van der Waals surface area contributed by atoms with Gasteiger partial charge in [0.2, 0.25) is 5.91 Å². The summed E-state index contributed by atoms with van der Waals surface area (Å²) in [6.45, 7) is 0. The molecule has 6 nitrogen and oxygen atoms in total. The van der Waals surface area contributed by atoms with Crippen LogP contribution in [0.3, 0.4) is 0 Å². The van der Waals surface area contributed by atoms with Gasteiger partial charge in [-0.2, -0.15) is 0 Å². The van der Waals surface area contributed by atoms with Crippen LogP contribution < -0.4 is 20.9 Å². The fraction of sp³-hybridized carbons (Fsp3) is 0.0556. The number of rotatable bonds is 4. The number of nitrogens with one attached hydrogen (secondary N) is 3. The summed E-state index contributed by atoms with van der Waals surface area (Å²) in [7, 11) is 1.58. The first-order valence-electron chi connectivity index (χ1n) is 7.47. The van der Waals surface area contributed by atoms with Gasteiger partial charge in [-0.3, -0.25) is 25.8 Å². The SMILES string of the molecule is COc1ccc(C=CC(=O)NC(=S)NNC(=O)c2ccc(Cl)cc2)cc1. The number of ether oxygens (including phenoxy) is 1. The van der Waals surface area contributed by atoms with Gasteiger partial charge in [0, 0.05) is 16.7 Å². The number of halogens is 1. The van der Waals surface area contributed by atoms with Crippen LogP contribution in [0.1, 0.15) is 15.9 Å². The van der Waals surface area contributed by atoms with Gasteiger partial charge in [0.05, 0.1) is 7.11 Å². The fourth-order valence-electron chi connectivity index (χ4n) is 1.86. The number of methoxy groups -OCH3 is 1. The zero-order valence-electron chi connectivity index (χ0n) is 13.8. The van der Waals surface area contributed by atoms with Gasteiger partial charge in [-0.15, -0.1) is 0 Å². The second kappa shape index (κ2) is 9.55. The predicted molar refractivity (Wildman–Crippen MR) is 105 cm³/mol. The van der Waals surface area contributed by atoms with Crippen molar-refractivity contribution in [2.45, 2.75) is 0 Å². The summed E-state index contributed by atoms with van der Waals surface area (Å²) < 4.78 is 5.06. The van der Waals surface area contributed by atoms with E-state index in [4.69, 9.17) is 28.6 Å². The van der Waals surface area contributed by atoms with Crippen molar-refractivity contribution in [3.63, 3.8) is 0 Å². The molecule has 0 bridgehead atoms. The lowest BCUT2D eigenvalue weighted by molar-refractivity contribution is -0.115. The Bertz CT molecular complexity index is 821. The van der Waals surface area contributed by atoms with E-state index < -0.39 is 11.8 Å². The molecule has 0 spiro atoms. The standard InChI is InChI=1S/C18H16ClN3O3S/c1-25-15-9-2-12(3-10-15)4-11-16(23)20-18(26)22-21-17(24)13-5-7-14(19)8-6-13/h2-11H,1H3,(H,21,24)(H2,20,22,23,26). The van der Waals surface area contributed by atoms with E-state index >= 15 is 0 Å². The van der Waals surface area contributed by atoms with Crippen LogP contribution in [-0.4, -0.2) is 24.0 Å². The van der Waals surface area contributed by atoms with Crippen LogP contribution in [0.15, 0.2) is 54.6 Å². The van der Waals surface area contributed by atoms with Gasteiger partial charge in [0.1, 0.15) is 5.75 Å². The van der Waals surface area contributed by atoms with Crippen molar-refractivity contribution < 1.29 is 14.3 Å². The largest absolute Gasteiger partial charge is 0.497 e. The first-order valence-corrected chi connectivity index (χ1v) is 8.25. The molecule has 3 N–H and O–H groups in total. The molecule has 2 aromatic carbocycles. The zero-order valence-corrected chi connectivity index (χ0v) is 15.4. The van der Waals surface area contributed by atoms with E-state index in [1.54, 1.807) is 49.6 Å². The Labute approximate surface area is 161 Å². The molecule has 0 radical (unpaired) electrons. The van der Waals surface area contributed by atoms with Crippen molar-refractivity contribution in [2.24, 2.45) is 0 Å². The van der Waals surface area contributed by atoms with Crippen LogP contribution in [0.25, 0.3) is 6.08 Å². The molecule has 0 aliphatic carbocycles. The highest BCUT2D eigenvalue weighted by Crippen LogP contribution is 2.12. The second-order valence-corrected chi connectivity index (χ2v) is 5.86. The Balaban J connectivity index is 1.79. The molecule has 134 valence electrons. The maximum atomic E-state index is 11.9. The Morgan fingerprint density at radius 2 is 1.69 bits per heavy atom. The second-order valence-electron chi connectivity index (χ2n) is 5.01. The van der Waals surface area contributed by atoms with Crippen LogP contribution in [0.2, 0.25) is 5.02 Å². The molecule has 26 heavy (non-hydrogen) atoms. The van der Waals surface area contributed by atoms with Crippen molar-refractivity contribution in [1.29, 1.82) is 0 Å². The maximum absolute atomic E-state index is 11.9. The summed E-state index contributed by atoms with van der Waals surface area (Å²) in [4.78, 5) is 23.7. The van der Waals surface area contributed by atoms with Crippen LogP contribution in [-0.2, 0) is 4.79 Å². The molecule has 2 aromatic rings. The molecule has 0 saturated carbocycles. The minimum atomic E-state index is -0.431. The number of carbonyl (C=O) groups excluding carboxylic acids is 2. The number of amides is 2. The quantitative estimate of drug-likeness (QED) is 0.425. The Morgan fingerprint density at radius 1 is 1.04 bits per heavy atom. The van der Waals surface area contributed by atoms with Crippen molar-refractivity contribution in [3.8, 4) is 5.75 Å². The van der Waals surface area contributed by atoms with Gasteiger partial charge in [0.25, 0.3) is 5.91 Å². The van der Waals surface area contributed by atoms with Crippen LogP contribution >= 0.6 is 23.8 Å². The number of hydrazine groups is 1. The van der Waals surface area contributed by atoms with Crippen molar-refractivity contribution >= 4 is 46.8 Å². The van der Waals surface area contributed by atoms with E-state index in [1.807, 2.05) is 12.1 Å². The monoisotopic (exact) mass is 389 g/mol. The van der Waals surface area contributed by atoms with E-state index in [0.717, 1.165) is 11.3 Å². The third kappa shape index (κ3) is 6.19. The third-order valence-electron chi connectivity index (χ3n) is 3.18. The van der Waals surface area contributed by atoms with Gasteiger partial charge in [0.15, 0.2) is 5.11 Å². The molecular weight excluding hydrogens is 374 g/mol. The van der Waals surface area contributed by atoms with Gasteiger partial charge in [-0.05, 0) is 60.3 Å². The van der Waals surface area contributed by atoms with Crippen LogP contribution in [0.4, 0.5) is 0 Å². The van der Waals surface area contributed by atoms with Crippen LogP contribution in [0, 0.1) is 0 Å². The first-order chi connectivity index (χ1) is 12.5. The highest BCUT2D eigenvalue weighted by molar-refractivity contribution is 7.80. The number of carbonyl (C=O) groups is 2. The fourth-order valence-corrected chi connectivity index (χ4v) is 2.14. The van der Waals surface area contributed by atoms with Gasteiger partial charge in [-0.25, -0.2) is 0 Å². The predicted octanol–water partition coefficient (Wildman–Crippen LogP) is 2.70. The van der Waals surface area contributed by atoms with Gasteiger partial charge >= 0.3 is 0 Å². The van der Waals surface area contributed by atoms with Gasteiger partial charge in [-0.1, -0.05) is 23.7 Å².